The van der Waals surface area contributed by atoms with E-state index in [4.69, 9.17) is 9.47 Å². The van der Waals surface area contributed by atoms with E-state index in [1.54, 1.807) is 7.11 Å². The van der Waals surface area contributed by atoms with Crippen molar-refractivity contribution >= 4 is 27.6 Å². The van der Waals surface area contributed by atoms with Crippen LogP contribution in [0.4, 0.5) is 10.5 Å². The van der Waals surface area contributed by atoms with Gasteiger partial charge in [0.1, 0.15) is 6.61 Å². The van der Waals surface area contributed by atoms with Crippen molar-refractivity contribution in [1.82, 2.24) is 5.32 Å². The molecule has 0 aliphatic carbocycles. The van der Waals surface area contributed by atoms with Crippen LogP contribution in [-0.2, 0) is 0 Å². The lowest BCUT2D eigenvalue weighted by Gasteiger charge is -2.11. The summed E-state index contributed by atoms with van der Waals surface area (Å²) in [5.41, 5.74) is 0.714. The third-order valence-corrected chi connectivity index (χ3v) is 3.53. The molecule has 22 heavy (non-hydrogen) atoms. The highest BCUT2D eigenvalue weighted by Gasteiger charge is 2.05. The second-order valence-electron chi connectivity index (χ2n) is 4.36. The third-order valence-electron chi connectivity index (χ3n) is 2.84. The minimum absolute atomic E-state index is 0.282. The SMILES string of the molecule is COc1ccccc1OCCNC(=O)Nc1ccccc1Br. The van der Waals surface area contributed by atoms with Crippen LogP contribution in [0.5, 0.6) is 11.5 Å². The van der Waals surface area contributed by atoms with Crippen molar-refractivity contribution in [2.45, 2.75) is 0 Å². The maximum Gasteiger partial charge on any atom is 0.319 e. The number of amides is 2. The Kier molecular flexibility index (Phi) is 6.09. The molecule has 2 amide bonds. The largest absolute Gasteiger partial charge is 0.493 e. The highest BCUT2D eigenvalue weighted by atomic mass is 79.9. The molecule has 6 heteroatoms. The van der Waals surface area contributed by atoms with Crippen molar-refractivity contribution < 1.29 is 14.3 Å². The lowest BCUT2D eigenvalue weighted by Crippen LogP contribution is -2.32. The average molecular weight is 365 g/mol. The predicted octanol–water partition coefficient (Wildman–Crippen LogP) is 3.66. The lowest BCUT2D eigenvalue weighted by atomic mass is 10.3. The van der Waals surface area contributed by atoms with E-state index in [9.17, 15) is 4.79 Å². The molecule has 0 saturated carbocycles. The molecule has 0 aliphatic heterocycles. The molecule has 0 heterocycles. The van der Waals surface area contributed by atoms with Crippen molar-refractivity contribution in [2.24, 2.45) is 0 Å². The summed E-state index contributed by atoms with van der Waals surface area (Å²) in [6.45, 7) is 0.734. The van der Waals surface area contributed by atoms with Crippen molar-refractivity contribution in [3.63, 3.8) is 0 Å². The van der Waals surface area contributed by atoms with E-state index in [1.807, 2.05) is 48.5 Å². The Labute approximate surface area is 137 Å². The number of carbonyl (C=O) groups excluding carboxylic acids is 1. The van der Waals surface area contributed by atoms with Gasteiger partial charge in [0, 0.05) is 4.47 Å². The lowest BCUT2D eigenvalue weighted by molar-refractivity contribution is 0.246. The number of halogens is 1. The molecule has 0 spiro atoms. The van der Waals surface area contributed by atoms with E-state index in [-0.39, 0.29) is 6.03 Å². The average Bonchev–Trinajstić information content (AvgIpc) is 2.54. The fourth-order valence-electron chi connectivity index (χ4n) is 1.79. The Morgan fingerprint density at radius 2 is 1.77 bits per heavy atom. The molecule has 0 saturated heterocycles. The second kappa shape index (κ2) is 8.29. The first-order valence-corrected chi connectivity index (χ1v) is 7.55. The third kappa shape index (κ3) is 4.66. The standard InChI is InChI=1S/C16H17BrN2O3/c1-21-14-8-4-5-9-15(14)22-11-10-18-16(20)19-13-7-3-2-6-12(13)17/h2-9H,10-11H2,1H3,(H2,18,19,20). The number of ether oxygens (including phenoxy) is 2. The molecule has 2 N–H and O–H groups in total. The van der Waals surface area contributed by atoms with Gasteiger partial charge in [0.05, 0.1) is 19.3 Å². The predicted molar refractivity (Wildman–Crippen MR) is 89.7 cm³/mol. The topological polar surface area (TPSA) is 59.6 Å². The van der Waals surface area contributed by atoms with Gasteiger partial charge in [-0.1, -0.05) is 24.3 Å². The van der Waals surface area contributed by atoms with Gasteiger partial charge in [0.2, 0.25) is 0 Å². The zero-order valence-corrected chi connectivity index (χ0v) is 13.7. The van der Waals surface area contributed by atoms with E-state index in [0.29, 0.717) is 30.3 Å². The number of rotatable bonds is 6. The molecule has 0 radical (unpaired) electrons. The normalized spacial score (nSPS) is 9.91. The zero-order chi connectivity index (χ0) is 15.8. The Morgan fingerprint density at radius 3 is 2.50 bits per heavy atom. The molecule has 0 unspecified atom stereocenters. The Balaban J connectivity index is 1.75. The number of hydrogen-bond acceptors (Lipinski definition) is 3. The molecule has 116 valence electrons. The number of methoxy groups -OCH3 is 1. The summed E-state index contributed by atoms with van der Waals surface area (Å²) in [7, 11) is 1.59. The van der Waals surface area contributed by atoms with E-state index in [2.05, 4.69) is 26.6 Å². The van der Waals surface area contributed by atoms with Crippen LogP contribution in [0, 0.1) is 0 Å². The summed E-state index contributed by atoms with van der Waals surface area (Å²) >= 11 is 3.37. The summed E-state index contributed by atoms with van der Waals surface area (Å²) in [5, 5.41) is 5.48. The van der Waals surface area contributed by atoms with Gasteiger partial charge >= 0.3 is 6.03 Å². The van der Waals surface area contributed by atoms with Crippen molar-refractivity contribution in [3.05, 3.63) is 53.0 Å². The van der Waals surface area contributed by atoms with Crippen LogP contribution in [0.2, 0.25) is 0 Å². The smallest absolute Gasteiger partial charge is 0.319 e. The maximum absolute atomic E-state index is 11.8. The fourth-order valence-corrected chi connectivity index (χ4v) is 2.18. The summed E-state index contributed by atoms with van der Waals surface area (Å²) < 4.78 is 11.6. The van der Waals surface area contributed by atoms with Crippen LogP contribution in [0.1, 0.15) is 0 Å². The Hall–Kier alpha value is -2.21. The molecule has 0 aromatic heterocycles. The van der Waals surface area contributed by atoms with Crippen LogP contribution in [-0.4, -0.2) is 26.3 Å². The molecule has 0 bridgehead atoms. The summed E-state index contributed by atoms with van der Waals surface area (Å²) in [6, 6.07) is 14.5. The van der Waals surface area contributed by atoms with Gasteiger partial charge in [-0.2, -0.15) is 0 Å². The van der Waals surface area contributed by atoms with Crippen LogP contribution in [0.3, 0.4) is 0 Å². The van der Waals surface area contributed by atoms with Gasteiger partial charge in [0.25, 0.3) is 0 Å². The minimum atomic E-state index is -0.282. The first kappa shape index (κ1) is 16.2. The van der Waals surface area contributed by atoms with E-state index in [0.717, 1.165) is 4.47 Å². The van der Waals surface area contributed by atoms with Crippen LogP contribution in [0.15, 0.2) is 53.0 Å². The molecule has 2 rings (SSSR count). The number of urea groups is 1. The van der Waals surface area contributed by atoms with Crippen LogP contribution < -0.4 is 20.1 Å². The number of benzene rings is 2. The summed E-state index contributed by atoms with van der Waals surface area (Å²) in [5.74, 6) is 1.32. The molecule has 0 aliphatic rings. The van der Waals surface area contributed by atoms with Crippen molar-refractivity contribution in [2.75, 3.05) is 25.6 Å². The van der Waals surface area contributed by atoms with Crippen LogP contribution >= 0.6 is 15.9 Å². The van der Waals surface area contributed by atoms with Crippen molar-refractivity contribution in [3.8, 4) is 11.5 Å². The molecular weight excluding hydrogens is 348 g/mol. The van der Waals surface area contributed by atoms with Gasteiger partial charge in [-0.25, -0.2) is 4.79 Å². The summed E-state index contributed by atoms with van der Waals surface area (Å²) in [6.07, 6.45) is 0. The Bertz CT molecular complexity index is 634. The fraction of sp³-hybridized carbons (Fsp3) is 0.188. The van der Waals surface area contributed by atoms with Gasteiger partial charge < -0.3 is 20.1 Å². The first-order chi connectivity index (χ1) is 10.7. The molecule has 0 atom stereocenters. The van der Waals surface area contributed by atoms with Gasteiger partial charge in [0.15, 0.2) is 11.5 Å². The molecule has 2 aromatic rings. The number of para-hydroxylation sites is 3. The van der Waals surface area contributed by atoms with Crippen LogP contribution in [0.25, 0.3) is 0 Å². The van der Waals surface area contributed by atoms with E-state index >= 15 is 0 Å². The second-order valence-corrected chi connectivity index (χ2v) is 5.21. The number of carbonyl (C=O) groups is 1. The first-order valence-electron chi connectivity index (χ1n) is 6.76. The van der Waals surface area contributed by atoms with Gasteiger partial charge in [-0.15, -0.1) is 0 Å². The summed E-state index contributed by atoms with van der Waals surface area (Å²) in [4.78, 5) is 11.8. The van der Waals surface area contributed by atoms with Crippen molar-refractivity contribution in [1.29, 1.82) is 0 Å². The van der Waals surface area contributed by atoms with E-state index in [1.165, 1.54) is 0 Å². The molecular formula is C16H17BrN2O3. The highest BCUT2D eigenvalue weighted by molar-refractivity contribution is 9.10. The zero-order valence-electron chi connectivity index (χ0n) is 12.1. The molecule has 2 aromatic carbocycles. The van der Waals surface area contributed by atoms with Gasteiger partial charge in [-0.05, 0) is 40.2 Å². The quantitative estimate of drug-likeness (QED) is 0.769. The monoisotopic (exact) mass is 364 g/mol. The number of anilines is 1. The molecule has 5 nitrogen and oxygen atoms in total. The Morgan fingerprint density at radius 1 is 1.09 bits per heavy atom. The number of nitrogens with one attached hydrogen (secondary N) is 2. The number of hydrogen-bond donors (Lipinski definition) is 2. The highest BCUT2D eigenvalue weighted by Crippen LogP contribution is 2.25. The van der Waals surface area contributed by atoms with E-state index < -0.39 is 0 Å². The minimum Gasteiger partial charge on any atom is -0.493 e. The van der Waals surface area contributed by atoms with Gasteiger partial charge in [-0.3, -0.25) is 0 Å². The molecule has 0 fully saturated rings. The maximum atomic E-state index is 11.8.